The first kappa shape index (κ1) is 20.2. The molecule has 0 unspecified atom stereocenters. The zero-order chi connectivity index (χ0) is 19.6. The van der Waals surface area contributed by atoms with Crippen molar-refractivity contribution in [2.75, 3.05) is 19.0 Å². The third-order valence-electron chi connectivity index (χ3n) is 4.14. The number of benzene rings is 2. The molecule has 5 nitrogen and oxygen atoms in total. The predicted octanol–water partition coefficient (Wildman–Crippen LogP) is 4.02. The molecule has 1 N–H and O–H groups in total. The lowest BCUT2D eigenvalue weighted by Crippen LogP contribution is -2.21. The van der Waals surface area contributed by atoms with Gasteiger partial charge in [-0.1, -0.05) is 44.2 Å². The van der Waals surface area contributed by atoms with Gasteiger partial charge in [0.1, 0.15) is 5.75 Å². The fourth-order valence-electron chi connectivity index (χ4n) is 2.64. The van der Waals surface area contributed by atoms with E-state index in [1.54, 1.807) is 25.3 Å². The first-order valence-electron chi connectivity index (χ1n) is 8.96. The number of hydrogen-bond acceptors (Lipinski definition) is 4. The molecule has 2 rings (SSSR count). The second-order valence-electron chi connectivity index (χ2n) is 5.92. The number of carbonyl (C=O) groups is 2. The van der Waals surface area contributed by atoms with Crippen LogP contribution in [0.1, 0.15) is 30.5 Å². The molecule has 0 aromatic heterocycles. The fraction of sp³-hybridized carbons (Fsp3) is 0.273. The summed E-state index contributed by atoms with van der Waals surface area (Å²) in [6.07, 6.45) is 4.55. The van der Waals surface area contributed by atoms with Gasteiger partial charge in [-0.15, -0.1) is 0 Å². The lowest BCUT2D eigenvalue weighted by molar-refractivity contribution is -0.142. The van der Waals surface area contributed by atoms with Crippen molar-refractivity contribution in [1.82, 2.24) is 0 Å². The maximum Gasteiger partial charge on any atom is 0.331 e. The molecule has 0 bridgehead atoms. The third-order valence-corrected chi connectivity index (χ3v) is 4.14. The van der Waals surface area contributed by atoms with Crippen molar-refractivity contribution in [3.63, 3.8) is 0 Å². The molecule has 5 heteroatoms. The molecule has 0 saturated carbocycles. The SMILES string of the molecule is CCc1cccc(CC)c1NC(=O)COC(=O)/C=C/c1ccc(OC)cc1. The normalized spacial score (nSPS) is 10.6. The summed E-state index contributed by atoms with van der Waals surface area (Å²) >= 11 is 0. The van der Waals surface area contributed by atoms with Crippen LogP contribution in [0, 0.1) is 0 Å². The van der Waals surface area contributed by atoms with Gasteiger partial charge in [0.05, 0.1) is 7.11 Å². The van der Waals surface area contributed by atoms with E-state index in [0.717, 1.165) is 41.0 Å². The first-order valence-corrected chi connectivity index (χ1v) is 8.96. The fourth-order valence-corrected chi connectivity index (χ4v) is 2.64. The largest absolute Gasteiger partial charge is 0.497 e. The topological polar surface area (TPSA) is 64.6 Å². The summed E-state index contributed by atoms with van der Waals surface area (Å²) in [4.78, 5) is 24.0. The van der Waals surface area contributed by atoms with Crippen molar-refractivity contribution in [2.24, 2.45) is 0 Å². The highest BCUT2D eigenvalue weighted by Gasteiger charge is 2.11. The first-order chi connectivity index (χ1) is 13.1. The zero-order valence-electron chi connectivity index (χ0n) is 16.0. The molecule has 0 fully saturated rings. The van der Waals surface area contributed by atoms with Gasteiger partial charge >= 0.3 is 5.97 Å². The van der Waals surface area contributed by atoms with E-state index in [4.69, 9.17) is 9.47 Å². The number of para-hydroxylation sites is 1. The summed E-state index contributed by atoms with van der Waals surface area (Å²) in [5, 5.41) is 2.87. The maximum atomic E-state index is 12.2. The Labute approximate surface area is 160 Å². The lowest BCUT2D eigenvalue weighted by atomic mass is 10.0. The summed E-state index contributed by atoms with van der Waals surface area (Å²) in [5.74, 6) is -0.178. The van der Waals surface area contributed by atoms with Gasteiger partial charge in [0.25, 0.3) is 5.91 Å². The van der Waals surface area contributed by atoms with Crippen molar-refractivity contribution < 1.29 is 19.1 Å². The Morgan fingerprint density at radius 1 is 1.00 bits per heavy atom. The number of methoxy groups -OCH3 is 1. The summed E-state index contributed by atoms with van der Waals surface area (Å²) in [5.41, 5.74) is 3.78. The molecule has 27 heavy (non-hydrogen) atoms. The number of anilines is 1. The van der Waals surface area contributed by atoms with Crippen molar-refractivity contribution in [2.45, 2.75) is 26.7 Å². The number of hydrogen-bond donors (Lipinski definition) is 1. The standard InChI is InChI=1S/C22H25NO4/c1-4-17-7-6-8-18(5-2)22(17)23-20(24)15-27-21(25)14-11-16-9-12-19(26-3)13-10-16/h6-14H,4-5,15H2,1-3H3,(H,23,24)/b14-11+. The number of esters is 1. The van der Waals surface area contributed by atoms with Crippen molar-refractivity contribution in [3.05, 3.63) is 65.2 Å². The summed E-state index contributed by atoms with van der Waals surface area (Å²) in [6.45, 7) is 3.75. The van der Waals surface area contributed by atoms with Gasteiger partial charge in [0.15, 0.2) is 6.61 Å². The Morgan fingerprint density at radius 3 is 2.19 bits per heavy atom. The van der Waals surface area contributed by atoms with Crippen molar-refractivity contribution in [3.8, 4) is 5.75 Å². The Balaban J connectivity index is 1.89. The molecule has 0 saturated heterocycles. The number of ether oxygens (including phenoxy) is 2. The number of amides is 1. The van der Waals surface area contributed by atoms with Crippen LogP contribution in [0.5, 0.6) is 5.75 Å². The molecule has 0 atom stereocenters. The Morgan fingerprint density at radius 2 is 1.63 bits per heavy atom. The molecule has 0 heterocycles. The van der Waals surface area contributed by atoms with E-state index in [2.05, 4.69) is 5.32 Å². The highest BCUT2D eigenvalue weighted by molar-refractivity contribution is 5.95. The third kappa shape index (κ3) is 5.99. The minimum Gasteiger partial charge on any atom is -0.497 e. The van der Waals surface area contributed by atoms with Crippen LogP contribution in [0.3, 0.4) is 0 Å². The summed E-state index contributed by atoms with van der Waals surface area (Å²) in [7, 11) is 1.59. The maximum absolute atomic E-state index is 12.2. The van der Waals surface area contributed by atoms with Crippen molar-refractivity contribution in [1.29, 1.82) is 0 Å². The van der Waals surface area contributed by atoms with Crippen LogP contribution in [0.2, 0.25) is 0 Å². The van der Waals surface area contributed by atoms with Crippen LogP contribution in [-0.4, -0.2) is 25.6 Å². The molecule has 0 aliphatic rings. The highest BCUT2D eigenvalue weighted by Crippen LogP contribution is 2.22. The molecular weight excluding hydrogens is 342 g/mol. The predicted molar refractivity (Wildman–Crippen MR) is 107 cm³/mol. The molecular formula is C22H25NO4. The monoisotopic (exact) mass is 367 g/mol. The highest BCUT2D eigenvalue weighted by atomic mass is 16.5. The van der Waals surface area contributed by atoms with Crippen LogP contribution in [0.4, 0.5) is 5.69 Å². The van der Waals surface area contributed by atoms with E-state index in [0.29, 0.717) is 0 Å². The summed E-state index contributed by atoms with van der Waals surface area (Å²) in [6, 6.07) is 13.2. The van der Waals surface area contributed by atoms with E-state index in [1.807, 2.05) is 44.2 Å². The number of nitrogens with one attached hydrogen (secondary N) is 1. The van der Waals surface area contributed by atoms with E-state index < -0.39 is 5.97 Å². The molecule has 0 radical (unpaired) electrons. The molecule has 0 spiro atoms. The average Bonchev–Trinajstić information content (AvgIpc) is 2.71. The number of rotatable bonds is 8. The van der Waals surface area contributed by atoms with Crippen LogP contribution >= 0.6 is 0 Å². The molecule has 0 aliphatic heterocycles. The van der Waals surface area contributed by atoms with Crippen LogP contribution < -0.4 is 10.1 Å². The van der Waals surface area contributed by atoms with E-state index >= 15 is 0 Å². The Bertz CT molecular complexity index is 787. The zero-order valence-corrected chi connectivity index (χ0v) is 16.0. The molecule has 0 aliphatic carbocycles. The number of aryl methyl sites for hydroxylation is 2. The van der Waals surface area contributed by atoms with Crippen LogP contribution in [0.15, 0.2) is 48.5 Å². The van der Waals surface area contributed by atoms with Gasteiger partial charge in [0.2, 0.25) is 0 Å². The second kappa shape index (κ2) is 10.2. The van der Waals surface area contributed by atoms with Gasteiger partial charge in [0, 0.05) is 11.8 Å². The molecule has 2 aromatic carbocycles. The van der Waals surface area contributed by atoms with E-state index in [-0.39, 0.29) is 12.5 Å². The van der Waals surface area contributed by atoms with Crippen molar-refractivity contribution >= 4 is 23.6 Å². The van der Waals surface area contributed by atoms with Gasteiger partial charge in [-0.2, -0.15) is 0 Å². The Kier molecular flexibility index (Phi) is 7.62. The summed E-state index contributed by atoms with van der Waals surface area (Å²) < 4.78 is 10.1. The Hall–Kier alpha value is -3.08. The van der Waals surface area contributed by atoms with E-state index in [9.17, 15) is 9.59 Å². The van der Waals surface area contributed by atoms with Gasteiger partial charge in [-0.25, -0.2) is 4.79 Å². The molecule has 1 amide bonds. The van der Waals surface area contributed by atoms with Gasteiger partial charge in [-0.3, -0.25) is 4.79 Å². The molecule has 142 valence electrons. The minimum absolute atomic E-state index is 0.326. The van der Waals surface area contributed by atoms with Gasteiger partial charge in [-0.05, 0) is 47.7 Å². The quantitative estimate of drug-likeness (QED) is 0.565. The number of carbonyl (C=O) groups excluding carboxylic acids is 2. The van der Waals surface area contributed by atoms with Crippen LogP contribution in [0.25, 0.3) is 6.08 Å². The second-order valence-corrected chi connectivity index (χ2v) is 5.92. The molecule has 2 aromatic rings. The lowest BCUT2D eigenvalue weighted by Gasteiger charge is -2.14. The van der Waals surface area contributed by atoms with E-state index in [1.165, 1.54) is 6.08 Å². The van der Waals surface area contributed by atoms with Crippen LogP contribution in [-0.2, 0) is 27.2 Å². The average molecular weight is 367 g/mol. The minimum atomic E-state index is -0.569. The van der Waals surface area contributed by atoms with Gasteiger partial charge < -0.3 is 14.8 Å². The smallest absolute Gasteiger partial charge is 0.331 e.